The monoisotopic (exact) mass is 271 g/mol. The second-order valence-corrected chi connectivity index (χ2v) is 6.20. The molecule has 0 aliphatic carbocycles. The number of carbonyl (C=O) groups excluding carboxylic acids is 1. The number of ether oxygens (including phenoxy) is 1. The normalized spacial score (nSPS) is 12.2. The zero-order valence-electron chi connectivity index (χ0n) is 10.6. The number of benzene rings is 1. The number of carbonyl (C=O) groups is 1. The molecule has 6 heteroatoms. The van der Waals surface area contributed by atoms with Crippen LogP contribution in [0.5, 0.6) is 5.75 Å². The Morgan fingerprint density at radius 2 is 1.78 bits per heavy atom. The molecule has 0 radical (unpaired) electrons. The zero-order valence-corrected chi connectivity index (χ0v) is 11.5. The number of primary sulfonamides is 1. The minimum atomic E-state index is -3.72. The number of hydrogen-bond donors (Lipinski definition) is 1. The lowest BCUT2D eigenvalue weighted by atomic mass is 9.91. The van der Waals surface area contributed by atoms with Crippen molar-refractivity contribution in [2.45, 2.75) is 32.1 Å². The predicted molar refractivity (Wildman–Crippen MR) is 67.5 cm³/mol. The van der Waals surface area contributed by atoms with Crippen LogP contribution >= 0.6 is 0 Å². The largest absolute Gasteiger partial charge is 0.426 e. The molecule has 1 rings (SSSR count). The summed E-state index contributed by atoms with van der Waals surface area (Å²) < 4.78 is 27.2. The van der Waals surface area contributed by atoms with Crippen LogP contribution in [0.2, 0.25) is 0 Å². The molecule has 2 N–H and O–H groups in total. The Hall–Kier alpha value is -1.40. The summed E-state index contributed by atoms with van der Waals surface area (Å²) in [6, 6.07) is 5.42. The minimum Gasteiger partial charge on any atom is -0.426 e. The van der Waals surface area contributed by atoms with Gasteiger partial charge < -0.3 is 4.74 Å². The van der Waals surface area contributed by atoms with Crippen molar-refractivity contribution < 1.29 is 17.9 Å². The van der Waals surface area contributed by atoms with Gasteiger partial charge in [0, 0.05) is 0 Å². The van der Waals surface area contributed by atoms with E-state index >= 15 is 0 Å². The van der Waals surface area contributed by atoms with Gasteiger partial charge in [0.05, 0.1) is 10.3 Å². The molecule has 100 valence electrons. The van der Waals surface area contributed by atoms with Crippen LogP contribution in [0.1, 0.15) is 27.2 Å². The topological polar surface area (TPSA) is 86.5 Å². The molecule has 0 aliphatic rings. The molecule has 0 aromatic heterocycles. The Labute approximate surface area is 107 Å². The van der Waals surface area contributed by atoms with E-state index in [9.17, 15) is 13.2 Å². The highest BCUT2D eigenvalue weighted by molar-refractivity contribution is 7.89. The summed E-state index contributed by atoms with van der Waals surface area (Å²) >= 11 is 0. The Kier molecular flexibility index (Phi) is 4.13. The van der Waals surface area contributed by atoms with Crippen molar-refractivity contribution in [3.63, 3.8) is 0 Å². The fourth-order valence-corrected chi connectivity index (χ4v) is 1.60. The van der Waals surface area contributed by atoms with Gasteiger partial charge in [-0.05, 0) is 44.5 Å². The molecule has 0 aliphatic heterocycles. The molecular formula is C12H17NO4S. The van der Waals surface area contributed by atoms with Crippen molar-refractivity contribution in [2.75, 3.05) is 0 Å². The van der Waals surface area contributed by atoms with Gasteiger partial charge in [0.25, 0.3) is 0 Å². The fraction of sp³-hybridized carbons (Fsp3) is 0.417. The number of rotatable bonds is 4. The third-order valence-electron chi connectivity index (χ3n) is 2.80. The molecule has 0 spiro atoms. The van der Waals surface area contributed by atoms with E-state index in [0.717, 1.165) is 0 Å². The summed E-state index contributed by atoms with van der Waals surface area (Å²) in [7, 11) is -3.72. The molecular weight excluding hydrogens is 254 g/mol. The molecule has 5 nitrogen and oxygen atoms in total. The van der Waals surface area contributed by atoms with Gasteiger partial charge in [-0.1, -0.05) is 6.92 Å². The molecule has 0 bridgehead atoms. The molecule has 0 heterocycles. The van der Waals surface area contributed by atoms with E-state index in [2.05, 4.69) is 0 Å². The summed E-state index contributed by atoms with van der Waals surface area (Å²) in [5.74, 6) is -0.0534. The number of sulfonamides is 1. The Balaban J connectivity index is 2.86. The predicted octanol–water partition coefficient (Wildman–Crippen LogP) is 1.68. The van der Waals surface area contributed by atoms with E-state index < -0.39 is 15.4 Å². The first-order valence-electron chi connectivity index (χ1n) is 5.52. The van der Waals surface area contributed by atoms with Gasteiger partial charge in [-0.2, -0.15) is 0 Å². The van der Waals surface area contributed by atoms with E-state index in [4.69, 9.17) is 9.88 Å². The minimum absolute atomic E-state index is 0.0166. The highest BCUT2D eigenvalue weighted by atomic mass is 32.2. The maximum Gasteiger partial charge on any atom is 0.316 e. The summed E-state index contributed by atoms with van der Waals surface area (Å²) in [6.07, 6.45) is 0.654. The van der Waals surface area contributed by atoms with Crippen LogP contribution in [0.15, 0.2) is 29.2 Å². The van der Waals surface area contributed by atoms with E-state index in [-0.39, 0.29) is 10.9 Å². The van der Waals surface area contributed by atoms with Crippen molar-refractivity contribution in [1.82, 2.24) is 0 Å². The molecule has 0 saturated carbocycles. The summed E-state index contributed by atoms with van der Waals surface area (Å²) in [5, 5.41) is 4.96. The highest BCUT2D eigenvalue weighted by Crippen LogP contribution is 2.24. The molecule has 0 unspecified atom stereocenters. The van der Waals surface area contributed by atoms with Gasteiger partial charge in [-0.15, -0.1) is 0 Å². The summed E-state index contributed by atoms with van der Waals surface area (Å²) in [6.45, 7) is 5.47. The second kappa shape index (κ2) is 5.07. The van der Waals surface area contributed by atoms with Crippen LogP contribution in [0.3, 0.4) is 0 Å². The first-order valence-corrected chi connectivity index (χ1v) is 7.06. The zero-order chi connectivity index (χ0) is 14.0. The van der Waals surface area contributed by atoms with Gasteiger partial charge in [0.15, 0.2) is 0 Å². The molecule has 0 atom stereocenters. The first-order chi connectivity index (χ1) is 8.16. The lowest BCUT2D eigenvalue weighted by molar-refractivity contribution is -0.144. The van der Waals surface area contributed by atoms with Crippen LogP contribution in [0, 0.1) is 5.41 Å². The van der Waals surface area contributed by atoms with Gasteiger partial charge in [0.1, 0.15) is 5.75 Å². The van der Waals surface area contributed by atoms with E-state index in [0.29, 0.717) is 12.2 Å². The number of esters is 1. The average Bonchev–Trinajstić information content (AvgIpc) is 2.28. The Morgan fingerprint density at radius 1 is 1.28 bits per heavy atom. The summed E-state index contributed by atoms with van der Waals surface area (Å²) in [4.78, 5) is 11.8. The lowest BCUT2D eigenvalue weighted by Gasteiger charge is -2.20. The van der Waals surface area contributed by atoms with Crippen molar-refractivity contribution in [1.29, 1.82) is 0 Å². The highest BCUT2D eigenvalue weighted by Gasteiger charge is 2.27. The van der Waals surface area contributed by atoms with Gasteiger partial charge >= 0.3 is 5.97 Å². The SMILES string of the molecule is CCC(C)(C)C(=O)Oc1ccc(S(N)(=O)=O)cc1. The van der Waals surface area contributed by atoms with Crippen molar-refractivity contribution in [3.05, 3.63) is 24.3 Å². The van der Waals surface area contributed by atoms with Crippen LogP contribution in [0.25, 0.3) is 0 Å². The van der Waals surface area contributed by atoms with Gasteiger partial charge in [0.2, 0.25) is 10.0 Å². The Morgan fingerprint density at radius 3 is 2.17 bits per heavy atom. The van der Waals surface area contributed by atoms with E-state index in [1.165, 1.54) is 24.3 Å². The van der Waals surface area contributed by atoms with Crippen molar-refractivity contribution >= 4 is 16.0 Å². The van der Waals surface area contributed by atoms with Gasteiger partial charge in [-0.3, -0.25) is 4.79 Å². The quantitative estimate of drug-likeness (QED) is 0.666. The smallest absolute Gasteiger partial charge is 0.316 e. The third-order valence-corrected chi connectivity index (χ3v) is 3.73. The van der Waals surface area contributed by atoms with Crippen molar-refractivity contribution in [2.24, 2.45) is 10.6 Å². The molecule has 0 fully saturated rings. The fourth-order valence-electron chi connectivity index (χ4n) is 1.09. The number of hydrogen-bond acceptors (Lipinski definition) is 4. The van der Waals surface area contributed by atoms with Crippen LogP contribution in [0.4, 0.5) is 0 Å². The van der Waals surface area contributed by atoms with E-state index in [1.54, 1.807) is 13.8 Å². The maximum absolute atomic E-state index is 11.8. The first kappa shape index (κ1) is 14.7. The second-order valence-electron chi connectivity index (χ2n) is 4.64. The maximum atomic E-state index is 11.8. The average molecular weight is 271 g/mol. The molecule has 0 amide bonds. The van der Waals surface area contributed by atoms with Crippen molar-refractivity contribution in [3.8, 4) is 5.75 Å². The third kappa shape index (κ3) is 3.54. The molecule has 1 aromatic rings. The van der Waals surface area contributed by atoms with Gasteiger partial charge in [-0.25, -0.2) is 13.6 Å². The molecule has 1 aromatic carbocycles. The lowest BCUT2D eigenvalue weighted by Crippen LogP contribution is -2.28. The standard InChI is InChI=1S/C12H17NO4S/c1-4-12(2,3)11(14)17-9-5-7-10(8-6-9)18(13,15)16/h5-8H,4H2,1-3H3,(H2,13,15,16). The summed E-state index contributed by atoms with van der Waals surface area (Å²) in [5.41, 5.74) is -0.571. The van der Waals surface area contributed by atoms with Crippen LogP contribution in [-0.4, -0.2) is 14.4 Å². The van der Waals surface area contributed by atoms with Crippen LogP contribution in [-0.2, 0) is 14.8 Å². The van der Waals surface area contributed by atoms with E-state index in [1.807, 2.05) is 6.92 Å². The number of nitrogens with two attached hydrogens (primary N) is 1. The molecule has 0 saturated heterocycles. The van der Waals surface area contributed by atoms with Crippen LogP contribution < -0.4 is 9.88 Å². The molecule has 18 heavy (non-hydrogen) atoms. The Bertz CT molecular complexity index is 532.